The lowest BCUT2D eigenvalue weighted by Crippen LogP contribution is -2.30. The summed E-state index contributed by atoms with van der Waals surface area (Å²) >= 11 is 0. The second kappa shape index (κ2) is 8.48. The molecule has 0 fully saturated rings. The van der Waals surface area contributed by atoms with Gasteiger partial charge in [-0.15, -0.1) is 0 Å². The van der Waals surface area contributed by atoms with Gasteiger partial charge in [-0.2, -0.15) is 13.2 Å². The molecule has 2 atom stereocenters. The maximum absolute atomic E-state index is 12.7. The average molecular weight is 319 g/mol. The molecule has 0 spiro atoms. The Morgan fingerprint density at radius 2 is 1.86 bits per heavy atom. The van der Waals surface area contributed by atoms with Crippen molar-refractivity contribution in [1.29, 1.82) is 0 Å². The molecule has 0 saturated carbocycles. The highest BCUT2D eigenvalue weighted by Crippen LogP contribution is 2.28. The van der Waals surface area contributed by atoms with E-state index in [0.717, 1.165) is 25.3 Å². The monoisotopic (exact) mass is 319 g/mol. The lowest BCUT2D eigenvalue weighted by Gasteiger charge is -2.25. The minimum Gasteiger partial charge on any atom is -0.379 e. The Bertz CT molecular complexity index is 463. The summed E-state index contributed by atoms with van der Waals surface area (Å²) in [4.78, 5) is 3.69. The van der Waals surface area contributed by atoms with Crippen LogP contribution in [0.25, 0.3) is 0 Å². The fraction of sp³-hybridized carbons (Fsp3) is 0.688. The molecule has 1 rings (SSSR count). The number of ether oxygens (including phenoxy) is 2. The van der Waals surface area contributed by atoms with Crippen LogP contribution in [-0.4, -0.2) is 24.3 Å². The summed E-state index contributed by atoms with van der Waals surface area (Å²) in [6.45, 7) is 5.81. The number of halogens is 3. The van der Waals surface area contributed by atoms with Crippen molar-refractivity contribution in [2.45, 2.75) is 65.0 Å². The van der Waals surface area contributed by atoms with Crippen molar-refractivity contribution in [1.82, 2.24) is 4.98 Å². The maximum Gasteiger partial charge on any atom is 0.433 e. The summed E-state index contributed by atoms with van der Waals surface area (Å²) < 4.78 is 49.4. The third-order valence-corrected chi connectivity index (χ3v) is 3.62. The number of methoxy groups -OCH3 is 1. The third-order valence-electron chi connectivity index (χ3n) is 3.62. The highest BCUT2D eigenvalue weighted by Gasteiger charge is 2.32. The molecule has 0 aliphatic heterocycles. The summed E-state index contributed by atoms with van der Waals surface area (Å²) in [5, 5.41) is 0. The summed E-state index contributed by atoms with van der Waals surface area (Å²) in [6.07, 6.45) is -2.11. The van der Waals surface area contributed by atoms with Crippen molar-refractivity contribution in [2.24, 2.45) is 0 Å². The van der Waals surface area contributed by atoms with E-state index in [-0.39, 0.29) is 18.8 Å². The third kappa shape index (κ3) is 5.25. The van der Waals surface area contributed by atoms with Gasteiger partial charge in [-0.25, -0.2) is 4.98 Å². The molecule has 0 unspecified atom stereocenters. The Kier molecular flexibility index (Phi) is 7.29. The van der Waals surface area contributed by atoms with Crippen molar-refractivity contribution in [3.8, 4) is 0 Å². The Labute approximate surface area is 129 Å². The largest absolute Gasteiger partial charge is 0.433 e. The lowest BCUT2D eigenvalue weighted by molar-refractivity contribution is -0.141. The Hall–Kier alpha value is -1.14. The molecular formula is C16H24F3NO2. The Morgan fingerprint density at radius 1 is 1.18 bits per heavy atom. The maximum atomic E-state index is 12.7. The number of aryl methyl sites for hydroxylation is 1. The molecule has 1 aromatic heterocycles. The highest BCUT2D eigenvalue weighted by atomic mass is 19.4. The zero-order valence-corrected chi connectivity index (χ0v) is 13.5. The van der Waals surface area contributed by atoms with E-state index in [1.807, 2.05) is 6.92 Å². The first-order chi connectivity index (χ1) is 10.3. The highest BCUT2D eigenvalue weighted by molar-refractivity contribution is 5.22. The number of nitrogens with zero attached hydrogens (tertiary/aromatic N) is 1. The minimum absolute atomic E-state index is 0.0534. The number of hydrogen-bond acceptors (Lipinski definition) is 3. The number of hydrogen-bond donors (Lipinski definition) is 0. The average Bonchev–Trinajstić information content (AvgIpc) is 2.47. The van der Waals surface area contributed by atoms with Gasteiger partial charge in [-0.1, -0.05) is 26.3 Å². The second-order valence-corrected chi connectivity index (χ2v) is 5.28. The van der Waals surface area contributed by atoms with Crippen molar-refractivity contribution >= 4 is 0 Å². The van der Waals surface area contributed by atoms with Crippen LogP contribution in [0, 0.1) is 6.92 Å². The summed E-state index contributed by atoms with van der Waals surface area (Å²) in [7, 11) is 1.63. The van der Waals surface area contributed by atoms with Crippen LogP contribution in [0.3, 0.4) is 0 Å². The van der Waals surface area contributed by atoms with Gasteiger partial charge in [-0.3, -0.25) is 0 Å². The molecule has 22 heavy (non-hydrogen) atoms. The molecule has 1 aromatic rings. The van der Waals surface area contributed by atoms with Crippen LogP contribution in [0.5, 0.6) is 0 Å². The molecule has 0 N–H and O–H groups in total. The van der Waals surface area contributed by atoms with E-state index in [9.17, 15) is 13.2 Å². The first-order valence-electron chi connectivity index (χ1n) is 7.51. The van der Waals surface area contributed by atoms with Gasteiger partial charge in [0, 0.05) is 7.11 Å². The first kappa shape index (κ1) is 18.9. The molecule has 0 aliphatic carbocycles. The molecule has 126 valence electrons. The molecule has 3 nitrogen and oxygen atoms in total. The fourth-order valence-electron chi connectivity index (χ4n) is 2.29. The molecule has 0 bridgehead atoms. The van der Waals surface area contributed by atoms with E-state index in [1.165, 1.54) is 6.07 Å². The molecule has 0 saturated heterocycles. The predicted octanol–water partition coefficient (Wildman–Crippen LogP) is 4.52. The molecular weight excluding hydrogens is 295 g/mol. The van der Waals surface area contributed by atoms with Crippen LogP contribution in [0.2, 0.25) is 0 Å². The zero-order valence-electron chi connectivity index (χ0n) is 13.5. The van der Waals surface area contributed by atoms with Crippen molar-refractivity contribution in [3.63, 3.8) is 0 Å². The number of aromatic nitrogens is 1. The zero-order chi connectivity index (χ0) is 16.8. The van der Waals surface area contributed by atoms with E-state index in [4.69, 9.17) is 9.47 Å². The molecule has 0 amide bonds. The molecule has 0 radical (unpaired) electrons. The smallest absolute Gasteiger partial charge is 0.379 e. The van der Waals surface area contributed by atoms with Crippen LogP contribution in [0.4, 0.5) is 13.2 Å². The van der Waals surface area contributed by atoms with E-state index in [2.05, 4.69) is 11.9 Å². The van der Waals surface area contributed by atoms with Crippen LogP contribution >= 0.6 is 0 Å². The molecule has 0 aliphatic rings. The number of alkyl halides is 3. The Morgan fingerprint density at radius 3 is 2.36 bits per heavy atom. The van der Waals surface area contributed by atoms with E-state index in [1.54, 1.807) is 14.0 Å². The summed E-state index contributed by atoms with van der Waals surface area (Å²) in [6, 6.07) is 2.42. The van der Waals surface area contributed by atoms with Gasteiger partial charge in [0.15, 0.2) is 0 Å². The second-order valence-electron chi connectivity index (χ2n) is 5.28. The van der Waals surface area contributed by atoms with Gasteiger partial charge < -0.3 is 9.47 Å². The normalized spacial score (nSPS) is 14.9. The quantitative estimate of drug-likeness (QED) is 0.706. The SMILES string of the molecule is CCC[C@H](OC)[C@@H](CC)OCc1nc(C(F)(F)F)ccc1C. The number of pyridine rings is 1. The minimum atomic E-state index is -4.44. The van der Waals surface area contributed by atoms with Gasteiger partial charge in [0.2, 0.25) is 0 Å². The van der Waals surface area contributed by atoms with Crippen molar-refractivity contribution < 1.29 is 22.6 Å². The standard InChI is InChI=1S/C16H24F3NO2/c1-5-7-14(21-4)13(6-2)22-10-12-11(3)8-9-15(20-12)16(17,18)19/h8-9,13-14H,5-7,10H2,1-4H3/t13-,14+/m1/s1. The molecule has 1 heterocycles. The van der Waals surface area contributed by atoms with Crippen LogP contribution in [-0.2, 0) is 22.3 Å². The molecule has 6 heteroatoms. The van der Waals surface area contributed by atoms with Crippen LogP contribution < -0.4 is 0 Å². The van der Waals surface area contributed by atoms with Gasteiger partial charge in [0.25, 0.3) is 0 Å². The van der Waals surface area contributed by atoms with E-state index < -0.39 is 11.9 Å². The fourth-order valence-corrected chi connectivity index (χ4v) is 2.29. The van der Waals surface area contributed by atoms with Crippen molar-refractivity contribution in [2.75, 3.05) is 7.11 Å². The Balaban J connectivity index is 2.81. The van der Waals surface area contributed by atoms with E-state index in [0.29, 0.717) is 11.3 Å². The van der Waals surface area contributed by atoms with Crippen LogP contribution in [0.15, 0.2) is 12.1 Å². The van der Waals surface area contributed by atoms with Gasteiger partial charge in [0.1, 0.15) is 5.69 Å². The summed E-state index contributed by atoms with van der Waals surface area (Å²) in [5.74, 6) is 0. The lowest BCUT2D eigenvalue weighted by atomic mass is 10.1. The van der Waals surface area contributed by atoms with Crippen LogP contribution in [0.1, 0.15) is 50.1 Å². The van der Waals surface area contributed by atoms with Gasteiger partial charge in [-0.05, 0) is 31.4 Å². The van der Waals surface area contributed by atoms with E-state index >= 15 is 0 Å². The van der Waals surface area contributed by atoms with Crippen molar-refractivity contribution in [3.05, 3.63) is 29.1 Å². The first-order valence-corrected chi connectivity index (χ1v) is 7.51. The predicted molar refractivity (Wildman–Crippen MR) is 78.5 cm³/mol. The number of rotatable bonds is 8. The molecule has 0 aromatic carbocycles. The summed E-state index contributed by atoms with van der Waals surface area (Å²) in [5.41, 5.74) is 0.119. The van der Waals surface area contributed by atoms with Gasteiger partial charge in [0.05, 0.1) is 24.5 Å². The van der Waals surface area contributed by atoms with Gasteiger partial charge >= 0.3 is 6.18 Å². The topological polar surface area (TPSA) is 31.4 Å².